The Kier molecular flexibility index (Phi) is 7.17. The Bertz CT molecular complexity index is 1540. The zero-order valence-electron chi connectivity index (χ0n) is 23.0. The molecule has 5 rings (SSSR count). The SMILES string of the molecule is CO\C1=C/C=C(c2ccccc2-c2nc3cc(C(=O)NC4CC(C)(C(=O)O)C4)ccn3c2C)\C(C)=C\CCC1. The van der Waals surface area contributed by atoms with Crippen molar-refractivity contribution in [3.8, 4) is 11.3 Å². The lowest BCUT2D eigenvalue weighted by molar-refractivity contribution is -0.154. The van der Waals surface area contributed by atoms with Gasteiger partial charge in [-0.2, -0.15) is 0 Å². The van der Waals surface area contributed by atoms with Gasteiger partial charge in [-0.15, -0.1) is 0 Å². The smallest absolute Gasteiger partial charge is 0.309 e. The molecule has 202 valence electrons. The summed E-state index contributed by atoms with van der Waals surface area (Å²) in [6, 6.07) is 11.7. The van der Waals surface area contributed by atoms with Gasteiger partial charge in [-0.3, -0.25) is 9.59 Å². The van der Waals surface area contributed by atoms with E-state index in [1.54, 1.807) is 26.2 Å². The number of ether oxygens (including phenoxy) is 1. The van der Waals surface area contributed by atoms with E-state index in [9.17, 15) is 14.7 Å². The van der Waals surface area contributed by atoms with Gasteiger partial charge in [-0.1, -0.05) is 36.4 Å². The van der Waals surface area contributed by atoms with Crippen molar-refractivity contribution in [1.82, 2.24) is 14.7 Å². The van der Waals surface area contributed by atoms with Crippen LogP contribution in [0.3, 0.4) is 0 Å². The fraction of sp³-hybridized carbons (Fsp3) is 0.344. The number of aliphatic carboxylic acids is 1. The zero-order chi connectivity index (χ0) is 27.7. The molecule has 39 heavy (non-hydrogen) atoms. The average Bonchev–Trinajstić information content (AvgIpc) is 3.27. The molecule has 2 heterocycles. The quantitative estimate of drug-likeness (QED) is 0.392. The molecule has 2 aliphatic carbocycles. The van der Waals surface area contributed by atoms with Crippen LogP contribution in [-0.4, -0.2) is 39.5 Å². The number of hydrogen-bond acceptors (Lipinski definition) is 4. The second kappa shape index (κ2) is 10.6. The van der Waals surface area contributed by atoms with Gasteiger partial charge in [0, 0.05) is 35.5 Å². The molecule has 1 aromatic carbocycles. The summed E-state index contributed by atoms with van der Waals surface area (Å²) < 4.78 is 7.58. The predicted octanol–water partition coefficient (Wildman–Crippen LogP) is 6.34. The number of nitrogens with zero attached hydrogens (tertiary/aromatic N) is 2. The van der Waals surface area contributed by atoms with Crippen LogP contribution in [0.2, 0.25) is 0 Å². The summed E-state index contributed by atoms with van der Waals surface area (Å²) in [7, 11) is 1.72. The molecule has 0 saturated heterocycles. The lowest BCUT2D eigenvalue weighted by atomic mass is 9.67. The normalized spacial score (nSPS) is 25.4. The van der Waals surface area contributed by atoms with Gasteiger partial charge in [0.05, 0.1) is 24.0 Å². The van der Waals surface area contributed by atoms with E-state index in [4.69, 9.17) is 9.72 Å². The number of carbonyl (C=O) groups excluding carboxylic acids is 1. The van der Waals surface area contributed by atoms with Crippen LogP contribution in [-0.2, 0) is 9.53 Å². The van der Waals surface area contributed by atoms with Crippen LogP contribution >= 0.6 is 0 Å². The third-order valence-electron chi connectivity index (χ3n) is 8.05. The third-order valence-corrected chi connectivity index (χ3v) is 8.05. The van der Waals surface area contributed by atoms with Gasteiger partial charge in [0.1, 0.15) is 5.65 Å². The highest BCUT2D eigenvalue weighted by molar-refractivity contribution is 5.96. The number of imidazole rings is 1. The van der Waals surface area contributed by atoms with E-state index in [0.717, 1.165) is 53.1 Å². The van der Waals surface area contributed by atoms with E-state index in [1.165, 1.54) is 5.57 Å². The Morgan fingerprint density at radius 1 is 1.13 bits per heavy atom. The molecule has 7 heteroatoms. The standard InChI is InChI=1S/C32H35N3O4/c1-20-9-5-6-10-24(39-4)13-14-25(20)26-11-7-8-12-27(26)29-21(2)35-16-15-22(17-28(35)34-29)30(36)33-23-18-32(3,19-23)31(37)38/h7-9,11-17,23H,5-6,10,18-19H2,1-4H3,(H,33,36)(H,37,38)/b20-9+,24-13-,25-14+. The number of rotatable bonds is 6. The maximum atomic E-state index is 12.9. The minimum atomic E-state index is -0.818. The molecule has 2 N–H and O–H groups in total. The Labute approximate surface area is 228 Å². The van der Waals surface area contributed by atoms with Gasteiger partial charge in [-0.25, -0.2) is 4.98 Å². The average molecular weight is 526 g/mol. The summed E-state index contributed by atoms with van der Waals surface area (Å²) in [5, 5.41) is 12.3. The van der Waals surface area contributed by atoms with Gasteiger partial charge < -0.3 is 19.6 Å². The van der Waals surface area contributed by atoms with E-state index >= 15 is 0 Å². The topological polar surface area (TPSA) is 92.9 Å². The Balaban J connectivity index is 1.48. The predicted molar refractivity (Wildman–Crippen MR) is 152 cm³/mol. The van der Waals surface area contributed by atoms with Crippen LogP contribution in [0, 0.1) is 12.3 Å². The fourth-order valence-corrected chi connectivity index (χ4v) is 5.63. The van der Waals surface area contributed by atoms with Crippen LogP contribution in [0.4, 0.5) is 0 Å². The molecular weight excluding hydrogens is 490 g/mol. The van der Waals surface area contributed by atoms with E-state index < -0.39 is 11.4 Å². The van der Waals surface area contributed by atoms with Crippen LogP contribution in [0.15, 0.2) is 72.2 Å². The van der Waals surface area contributed by atoms with Crippen LogP contribution in [0.25, 0.3) is 22.5 Å². The summed E-state index contributed by atoms with van der Waals surface area (Å²) in [6.45, 7) is 5.90. The monoisotopic (exact) mass is 525 g/mol. The van der Waals surface area contributed by atoms with Crippen LogP contribution in [0.5, 0.6) is 0 Å². The van der Waals surface area contributed by atoms with Crippen molar-refractivity contribution in [1.29, 1.82) is 0 Å². The first-order chi connectivity index (χ1) is 18.7. The number of benzene rings is 1. The molecule has 0 atom stereocenters. The van der Waals surface area contributed by atoms with Crippen molar-refractivity contribution in [2.75, 3.05) is 7.11 Å². The Morgan fingerprint density at radius 3 is 2.59 bits per heavy atom. The number of amides is 1. The van der Waals surface area contributed by atoms with E-state index in [0.29, 0.717) is 24.1 Å². The molecular formula is C32H35N3O4. The van der Waals surface area contributed by atoms with Gasteiger partial charge in [0.2, 0.25) is 0 Å². The first kappa shape index (κ1) is 26.5. The van der Waals surface area contributed by atoms with E-state index in [1.807, 2.05) is 29.7 Å². The number of aromatic nitrogens is 2. The molecule has 0 spiro atoms. The number of aryl methyl sites for hydroxylation is 1. The third kappa shape index (κ3) is 5.13. The number of allylic oxidation sites excluding steroid dienone is 6. The fourth-order valence-electron chi connectivity index (χ4n) is 5.63. The number of pyridine rings is 1. The van der Waals surface area contributed by atoms with Crippen molar-refractivity contribution in [2.45, 2.75) is 58.9 Å². The molecule has 0 aliphatic heterocycles. The molecule has 7 nitrogen and oxygen atoms in total. The summed E-state index contributed by atoms with van der Waals surface area (Å²) in [5.74, 6) is -0.0614. The van der Waals surface area contributed by atoms with Crippen molar-refractivity contribution < 1.29 is 19.4 Å². The lowest BCUT2D eigenvalue weighted by Crippen LogP contribution is -2.52. The molecule has 1 saturated carbocycles. The van der Waals surface area contributed by atoms with Crippen molar-refractivity contribution in [2.24, 2.45) is 5.41 Å². The number of carbonyl (C=O) groups is 2. The second-order valence-electron chi connectivity index (χ2n) is 10.9. The Morgan fingerprint density at radius 2 is 1.87 bits per heavy atom. The molecule has 2 aliphatic rings. The van der Waals surface area contributed by atoms with Crippen LogP contribution in [0.1, 0.15) is 67.6 Å². The molecule has 2 aromatic heterocycles. The number of nitrogens with one attached hydrogen (secondary N) is 1. The van der Waals surface area contributed by atoms with E-state index in [2.05, 4.69) is 42.6 Å². The van der Waals surface area contributed by atoms with Crippen LogP contribution < -0.4 is 5.32 Å². The molecule has 3 aromatic rings. The number of carboxylic acids is 1. The number of fused-ring (bicyclic) bond motifs is 1. The molecule has 1 fully saturated rings. The maximum absolute atomic E-state index is 12.9. The Hall–Kier alpha value is -4.13. The largest absolute Gasteiger partial charge is 0.501 e. The number of methoxy groups -OCH3 is 1. The molecule has 0 radical (unpaired) electrons. The highest BCUT2D eigenvalue weighted by Gasteiger charge is 2.47. The first-order valence-corrected chi connectivity index (χ1v) is 13.4. The highest BCUT2D eigenvalue weighted by Crippen LogP contribution is 2.41. The zero-order valence-corrected chi connectivity index (χ0v) is 23.0. The maximum Gasteiger partial charge on any atom is 0.309 e. The molecule has 0 unspecified atom stereocenters. The van der Waals surface area contributed by atoms with Gasteiger partial charge in [-0.05, 0) is 81.4 Å². The highest BCUT2D eigenvalue weighted by atomic mass is 16.5. The minimum Gasteiger partial charge on any atom is -0.501 e. The first-order valence-electron chi connectivity index (χ1n) is 13.4. The second-order valence-corrected chi connectivity index (χ2v) is 10.9. The van der Waals surface area contributed by atoms with Crippen molar-refractivity contribution >= 4 is 23.1 Å². The molecule has 0 bridgehead atoms. The number of carboxylic acid groups (broad SMARTS) is 1. The van der Waals surface area contributed by atoms with Gasteiger partial charge >= 0.3 is 5.97 Å². The number of hydrogen-bond donors (Lipinski definition) is 2. The summed E-state index contributed by atoms with van der Waals surface area (Å²) >= 11 is 0. The van der Waals surface area contributed by atoms with Gasteiger partial charge in [0.25, 0.3) is 5.91 Å². The summed E-state index contributed by atoms with van der Waals surface area (Å²) in [4.78, 5) is 29.3. The summed E-state index contributed by atoms with van der Waals surface area (Å²) in [6.07, 6.45) is 12.2. The van der Waals surface area contributed by atoms with E-state index in [-0.39, 0.29) is 11.9 Å². The minimum absolute atomic E-state index is 0.135. The van der Waals surface area contributed by atoms with Crippen molar-refractivity contribution in [3.63, 3.8) is 0 Å². The van der Waals surface area contributed by atoms with Crippen molar-refractivity contribution in [3.05, 3.63) is 89.0 Å². The van der Waals surface area contributed by atoms with Gasteiger partial charge in [0.15, 0.2) is 0 Å². The molecule has 1 amide bonds. The lowest BCUT2D eigenvalue weighted by Gasteiger charge is -2.41. The summed E-state index contributed by atoms with van der Waals surface area (Å²) in [5.41, 5.74) is 6.75.